The molecule has 22 heavy (non-hydrogen) atoms. The van der Waals surface area contributed by atoms with Gasteiger partial charge in [-0.3, -0.25) is 4.99 Å². The van der Waals surface area contributed by atoms with Gasteiger partial charge in [0, 0.05) is 19.2 Å². The molecule has 0 aliphatic rings. The first-order chi connectivity index (χ1) is 10.1. The number of methoxy groups -OCH3 is 1. The van der Waals surface area contributed by atoms with Crippen LogP contribution in [-0.4, -0.2) is 38.7 Å². The van der Waals surface area contributed by atoms with Crippen LogP contribution in [0.2, 0.25) is 0 Å². The molecule has 1 rings (SSSR count). The van der Waals surface area contributed by atoms with Gasteiger partial charge in [0.15, 0.2) is 5.96 Å². The maximum absolute atomic E-state index is 5.45. The SMILES string of the molecule is CN=C(NCCCSC)NC(C)c1cc(C)ccc1OC.I. The number of aryl methyl sites for hydroxylation is 1. The van der Waals surface area contributed by atoms with Gasteiger partial charge in [-0.05, 0) is 38.3 Å². The Labute approximate surface area is 155 Å². The number of thioether (sulfide) groups is 1. The van der Waals surface area contributed by atoms with Crippen molar-refractivity contribution in [2.45, 2.75) is 26.3 Å². The summed E-state index contributed by atoms with van der Waals surface area (Å²) in [6.45, 7) is 5.13. The Bertz CT molecular complexity index is 469. The molecule has 1 aromatic rings. The fourth-order valence-corrected chi connectivity index (χ4v) is 2.53. The number of aliphatic imine (C=N–C) groups is 1. The second-order valence-corrected chi connectivity index (χ2v) is 5.94. The van der Waals surface area contributed by atoms with E-state index in [1.54, 1.807) is 14.2 Å². The number of guanidine groups is 1. The van der Waals surface area contributed by atoms with Gasteiger partial charge in [0.2, 0.25) is 0 Å². The summed E-state index contributed by atoms with van der Waals surface area (Å²) in [5.41, 5.74) is 2.37. The molecule has 0 amide bonds. The van der Waals surface area contributed by atoms with Crippen molar-refractivity contribution in [1.82, 2.24) is 10.6 Å². The number of hydrogen-bond donors (Lipinski definition) is 2. The van der Waals surface area contributed by atoms with Crippen LogP contribution >= 0.6 is 35.7 Å². The summed E-state index contributed by atoms with van der Waals surface area (Å²) < 4.78 is 5.45. The van der Waals surface area contributed by atoms with Gasteiger partial charge in [0.25, 0.3) is 0 Å². The van der Waals surface area contributed by atoms with E-state index in [1.807, 2.05) is 17.8 Å². The molecule has 0 fully saturated rings. The van der Waals surface area contributed by atoms with Crippen LogP contribution in [0.25, 0.3) is 0 Å². The average molecular weight is 437 g/mol. The highest BCUT2D eigenvalue weighted by atomic mass is 127. The molecule has 0 heterocycles. The van der Waals surface area contributed by atoms with Crippen LogP contribution in [0.15, 0.2) is 23.2 Å². The minimum atomic E-state index is 0. The Kier molecular flexibility index (Phi) is 11.5. The Morgan fingerprint density at radius 1 is 1.41 bits per heavy atom. The number of nitrogens with one attached hydrogen (secondary N) is 2. The summed E-state index contributed by atoms with van der Waals surface area (Å²) >= 11 is 1.86. The molecule has 1 atom stereocenters. The van der Waals surface area contributed by atoms with Crippen molar-refractivity contribution < 1.29 is 4.74 Å². The molecule has 126 valence electrons. The number of halogens is 1. The molecule has 1 aromatic carbocycles. The van der Waals surface area contributed by atoms with Gasteiger partial charge in [-0.2, -0.15) is 11.8 Å². The van der Waals surface area contributed by atoms with E-state index >= 15 is 0 Å². The second-order valence-electron chi connectivity index (χ2n) is 4.96. The van der Waals surface area contributed by atoms with Crippen molar-refractivity contribution in [2.24, 2.45) is 4.99 Å². The molecular weight excluding hydrogens is 409 g/mol. The average Bonchev–Trinajstić information content (AvgIpc) is 2.50. The molecule has 0 bridgehead atoms. The molecule has 0 radical (unpaired) electrons. The Morgan fingerprint density at radius 2 is 2.14 bits per heavy atom. The quantitative estimate of drug-likeness (QED) is 0.296. The number of nitrogens with zero attached hydrogens (tertiary/aromatic N) is 1. The maximum atomic E-state index is 5.45. The normalized spacial score (nSPS) is 12.3. The first-order valence-electron chi connectivity index (χ1n) is 7.23. The highest BCUT2D eigenvalue weighted by Crippen LogP contribution is 2.25. The van der Waals surface area contributed by atoms with Gasteiger partial charge in [-0.1, -0.05) is 17.7 Å². The fourth-order valence-electron chi connectivity index (χ4n) is 2.09. The number of ether oxygens (including phenoxy) is 1. The lowest BCUT2D eigenvalue weighted by Gasteiger charge is -2.20. The van der Waals surface area contributed by atoms with Crippen molar-refractivity contribution in [3.05, 3.63) is 29.3 Å². The predicted octanol–water partition coefficient (Wildman–Crippen LogP) is 3.60. The lowest BCUT2D eigenvalue weighted by atomic mass is 10.0. The van der Waals surface area contributed by atoms with Gasteiger partial charge >= 0.3 is 0 Å². The zero-order valence-electron chi connectivity index (χ0n) is 14.1. The molecule has 0 saturated carbocycles. The van der Waals surface area contributed by atoms with Crippen LogP contribution in [0, 0.1) is 6.92 Å². The predicted molar refractivity (Wildman–Crippen MR) is 109 cm³/mol. The zero-order chi connectivity index (χ0) is 15.7. The summed E-state index contributed by atoms with van der Waals surface area (Å²) in [4.78, 5) is 4.28. The van der Waals surface area contributed by atoms with E-state index in [0.29, 0.717) is 0 Å². The Morgan fingerprint density at radius 3 is 2.73 bits per heavy atom. The maximum Gasteiger partial charge on any atom is 0.191 e. The molecule has 0 saturated heterocycles. The number of benzene rings is 1. The second kappa shape index (κ2) is 11.9. The molecule has 0 aromatic heterocycles. The van der Waals surface area contributed by atoms with Crippen LogP contribution < -0.4 is 15.4 Å². The lowest BCUT2D eigenvalue weighted by molar-refractivity contribution is 0.405. The van der Waals surface area contributed by atoms with Crippen LogP contribution in [0.5, 0.6) is 5.75 Å². The number of hydrogen-bond acceptors (Lipinski definition) is 3. The van der Waals surface area contributed by atoms with Crippen molar-refractivity contribution in [2.75, 3.05) is 32.7 Å². The van der Waals surface area contributed by atoms with E-state index in [1.165, 1.54) is 5.56 Å². The van der Waals surface area contributed by atoms with Crippen molar-refractivity contribution >= 4 is 41.7 Å². The van der Waals surface area contributed by atoms with Gasteiger partial charge in [-0.25, -0.2) is 0 Å². The molecule has 1 unspecified atom stereocenters. The largest absolute Gasteiger partial charge is 0.496 e. The summed E-state index contributed by atoms with van der Waals surface area (Å²) in [6.07, 6.45) is 3.25. The molecule has 2 N–H and O–H groups in total. The molecule has 0 aliphatic heterocycles. The van der Waals surface area contributed by atoms with E-state index in [2.05, 4.69) is 47.9 Å². The van der Waals surface area contributed by atoms with Gasteiger partial charge in [0.05, 0.1) is 13.2 Å². The van der Waals surface area contributed by atoms with Crippen LogP contribution in [0.1, 0.15) is 30.5 Å². The third kappa shape index (κ3) is 7.09. The highest BCUT2D eigenvalue weighted by Gasteiger charge is 2.13. The summed E-state index contributed by atoms with van der Waals surface area (Å²) in [5.74, 6) is 2.89. The van der Waals surface area contributed by atoms with Crippen LogP contribution in [0.4, 0.5) is 0 Å². The third-order valence-corrected chi connectivity index (χ3v) is 3.94. The van der Waals surface area contributed by atoms with Crippen LogP contribution in [0.3, 0.4) is 0 Å². The number of rotatable bonds is 7. The van der Waals surface area contributed by atoms with Crippen molar-refractivity contribution in [3.8, 4) is 5.75 Å². The minimum absolute atomic E-state index is 0. The van der Waals surface area contributed by atoms with Crippen molar-refractivity contribution in [3.63, 3.8) is 0 Å². The lowest BCUT2D eigenvalue weighted by Crippen LogP contribution is -2.39. The van der Waals surface area contributed by atoms with Crippen LogP contribution in [-0.2, 0) is 0 Å². The zero-order valence-corrected chi connectivity index (χ0v) is 17.2. The third-order valence-electron chi connectivity index (χ3n) is 3.25. The molecule has 0 aliphatic carbocycles. The molecule has 6 heteroatoms. The standard InChI is InChI=1S/C16H27N3OS.HI/c1-12-7-8-15(20-4)14(11-12)13(2)19-16(17-3)18-9-6-10-21-5;/h7-8,11,13H,6,9-10H2,1-5H3,(H2,17,18,19);1H. The summed E-state index contributed by atoms with van der Waals surface area (Å²) in [5, 5.41) is 6.76. The highest BCUT2D eigenvalue weighted by molar-refractivity contribution is 14.0. The first kappa shape index (κ1) is 21.4. The van der Waals surface area contributed by atoms with Crippen molar-refractivity contribution in [1.29, 1.82) is 0 Å². The van der Waals surface area contributed by atoms with Gasteiger partial charge in [-0.15, -0.1) is 24.0 Å². The smallest absolute Gasteiger partial charge is 0.191 e. The minimum Gasteiger partial charge on any atom is -0.496 e. The molecular formula is C16H28IN3OS. The summed E-state index contributed by atoms with van der Waals surface area (Å²) in [6, 6.07) is 6.35. The monoisotopic (exact) mass is 437 g/mol. The molecule has 4 nitrogen and oxygen atoms in total. The van der Waals surface area contributed by atoms with E-state index in [-0.39, 0.29) is 30.0 Å². The van der Waals surface area contributed by atoms with E-state index in [9.17, 15) is 0 Å². The van der Waals surface area contributed by atoms with E-state index in [0.717, 1.165) is 36.0 Å². The van der Waals surface area contributed by atoms with Gasteiger partial charge in [0.1, 0.15) is 5.75 Å². The van der Waals surface area contributed by atoms with Gasteiger partial charge < -0.3 is 15.4 Å². The topological polar surface area (TPSA) is 45.7 Å². The Hall–Kier alpha value is -0.630. The Balaban J connectivity index is 0.00000441. The first-order valence-corrected chi connectivity index (χ1v) is 8.62. The molecule has 0 spiro atoms. The summed E-state index contributed by atoms with van der Waals surface area (Å²) in [7, 11) is 3.50. The van der Waals surface area contributed by atoms with E-state index < -0.39 is 0 Å². The van der Waals surface area contributed by atoms with E-state index in [4.69, 9.17) is 4.74 Å². The fraction of sp³-hybridized carbons (Fsp3) is 0.562.